The van der Waals surface area contributed by atoms with Crippen molar-refractivity contribution < 1.29 is 4.74 Å². The first-order chi connectivity index (χ1) is 5.86. The van der Waals surface area contributed by atoms with Gasteiger partial charge < -0.3 is 4.74 Å². The molecule has 0 atom stereocenters. The largest absolute Gasteiger partial charge is 0.492 e. The number of pyridine rings is 1. The van der Waals surface area contributed by atoms with Crippen LogP contribution in [-0.4, -0.2) is 16.9 Å². The average molecular weight is 230 g/mol. The van der Waals surface area contributed by atoms with Gasteiger partial charge in [-0.15, -0.1) is 0 Å². The SMILES string of the molecule is CCOc1cncc(CCBr)c1. The summed E-state index contributed by atoms with van der Waals surface area (Å²) in [5, 5.41) is 0.963. The maximum absolute atomic E-state index is 5.32. The summed E-state index contributed by atoms with van der Waals surface area (Å²) >= 11 is 3.38. The van der Waals surface area contributed by atoms with E-state index in [-0.39, 0.29) is 0 Å². The van der Waals surface area contributed by atoms with Crippen LogP contribution in [0.2, 0.25) is 0 Å². The smallest absolute Gasteiger partial charge is 0.137 e. The molecule has 0 amide bonds. The Morgan fingerprint density at radius 3 is 3.00 bits per heavy atom. The van der Waals surface area contributed by atoms with Gasteiger partial charge in [-0.05, 0) is 25.0 Å². The molecule has 1 aromatic heterocycles. The van der Waals surface area contributed by atoms with Gasteiger partial charge in [-0.25, -0.2) is 0 Å². The predicted molar refractivity (Wildman–Crippen MR) is 52.9 cm³/mol. The molecule has 0 bridgehead atoms. The van der Waals surface area contributed by atoms with Gasteiger partial charge in [0.05, 0.1) is 12.8 Å². The minimum Gasteiger partial charge on any atom is -0.492 e. The average Bonchev–Trinajstić information content (AvgIpc) is 2.06. The minimum atomic E-state index is 0.694. The summed E-state index contributed by atoms with van der Waals surface area (Å²) in [5.41, 5.74) is 1.21. The van der Waals surface area contributed by atoms with Crippen LogP contribution in [0.3, 0.4) is 0 Å². The van der Waals surface area contributed by atoms with Crippen LogP contribution in [0, 0.1) is 0 Å². The van der Waals surface area contributed by atoms with Crippen molar-refractivity contribution in [1.82, 2.24) is 4.98 Å². The van der Waals surface area contributed by atoms with E-state index in [1.165, 1.54) is 5.56 Å². The number of hydrogen-bond acceptors (Lipinski definition) is 2. The van der Waals surface area contributed by atoms with Gasteiger partial charge in [0.25, 0.3) is 0 Å². The highest BCUT2D eigenvalue weighted by molar-refractivity contribution is 9.09. The van der Waals surface area contributed by atoms with Crippen LogP contribution < -0.4 is 4.74 Å². The van der Waals surface area contributed by atoms with E-state index in [1.807, 2.05) is 19.2 Å². The number of nitrogens with zero attached hydrogens (tertiary/aromatic N) is 1. The zero-order chi connectivity index (χ0) is 8.81. The van der Waals surface area contributed by atoms with Crippen molar-refractivity contribution in [2.24, 2.45) is 0 Å². The van der Waals surface area contributed by atoms with Crippen LogP contribution >= 0.6 is 15.9 Å². The van der Waals surface area contributed by atoms with E-state index in [9.17, 15) is 0 Å². The van der Waals surface area contributed by atoms with Gasteiger partial charge >= 0.3 is 0 Å². The van der Waals surface area contributed by atoms with Gasteiger partial charge in [-0.2, -0.15) is 0 Å². The number of aryl methyl sites for hydroxylation is 1. The van der Waals surface area contributed by atoms with E-state index in [2.05, 4.69) is 20.9 Å². The van der Waals surface area contributed by atoms with E-state index in [0.717, 1.165) is 17.5 Å². The molecule has 0 unspecified atom stereocenters. The quantitative estimate of drug-likeness (QED) is 0.741. The van der Waals surface area contributed by atoms with E-state index in [4.69, 9.17) is 4.74 Å². The van der Waals surface area contributed by atoms with Crippen molar-refractivity contribution >= 4 is 15.9 Å². The van der Waals surface area contributed by atoms with E-state index in [1.54, 1.807) is 6.20 Å². The summed E-state index contributed by atoms with van der Waals surface area (Å²) < 4.78 is 5.32. The standard InChI is InChI=1S/C9H12BrNO/c1-2-12-9-5-8(3-4-10)6-11-7-9/h5-7H,2-4H2,1H3. The third-order valence-corrected chi connectivity index (χ3v) is 1.86. The summed E-state index contributed by atoms with van der Waals surface area (Å²) in [6.07, 6.45) is 4.60. The first-order valence-electron chi connectivity index (χ1n) is 3.99. The molecule has 1 heterocycles. The van der Waals surface area contributed by atoms with Gasteiger partial charge in [0, 0.05) is 11.5 Å². The summed E-state index contributed by atoms with van der Waals surface area (Å²) in [5.74, 6) is 0.857. The molecule has 2 nitrogen and oxygen atoms in total. The molecular weight excluding hydrogens is 218 g/mol. The molecule has 3 heteroatoms. The fourth-order valence-corrected chi connectivity index (χ4v) is 1.41. The zero-order valence-corrected chi connectivity index (χ0v) is 8.67. The molecule has 0 saturated heterocycles. The maximum atomic E-state index is 5.32. The first kappa shape index (κ1) is 9.52. The lowest BCUT2D eigenvalue weighted by atomic mass is 10.2. The maximum Gasteiger partial charge on any atom is 0.137 e. The van der Waals surface area contributed by atoms with E-state index < -0.39 is 0 Å². The normalized spacial score (nSPS) is 9.83. The van der Waals surface area contributed by atoms with Crippen LogP contribution in [0.5, 0.6) is 5.75 Å². The van der Waals surface area contributed by atoms with Crippen molar-refractivity contribution in [3.05, 3.63) is 24.0 Å². The molecule has 0 aliphatic rings. The summed E-state index contributed by atoms with van der Waals surface area (Å²) in [6, 6.07) is 2.03. The van der Waals surface area contributed by atoms with Crippen LogP contribution in [0.25, 0.3) is 0 Å². The summed E-state index contributed by atoms with van der Waals surface area (Å²) in [6.45, 7) is 2.66. The number of aromatic nitrogens is 1. The molecule has 0 aliphatic heterocycles. The molecule has 1 rings (SSSR count). The van der Waals surface area contributed by atoms with Crippen LogP contribution in [0.15, 0.2) is 18.5 Å². The Kier molecular flexibility index (Phi) is 4.08. The number of rotatable bonds is 4. The molecule has 0 fully saturated rings. The second-order valence-corrected chi connectivity index (χ2v) is 3.19. The van der Waals surface area contributed by atoms with Crippen molar-refractivity contribution in [1.29, 1.82) is 0 Å². The molecule has 0 aromatic carbocycles. The second-order valence-electron chi connectivity index (χ2n) is 2.40. The third kappa shape index (κ3) is 2.81. The monoisotopic (exact) mass is 229 g/mol. The van der Waals surface area contributed by atoms with E-state index >= 15 is 0 Å². The second kappa shape index (κ2) is 5.14. The number of alkyl halides is 1. The van der Waals surface area contributed by atoms with Crippen LogP contribution in [0.1, 0.15) is 12.5 Å². The van der Waals surface area contributed by atoms with Crippen molar-refractivity contribution in [3.8, 4) is 5.75 Å². The third-order valence-electron chi connectivity index (χ3n) is 1.46. The summed E-state index contributed by atoms with van der Waals surface area (Å²) in [4.78, 5) is 4.08. The molecule has 66 valence electrons. The van der Waals surface area contributed by atoms with Crippen molar-refractivity contribution in [2.75, 3.05) is 11.9 Å². The van der Waals surface area contributed by atoms with Gasteiger partial charge in [0.2, 0.25) is 0 Å². The highest BCUT2D eigenvalue weighted by Crippen LogP contribution is 2.11. The minimum absolute atomic E-state index is 0.694. The lowest BCUT2D eigenvalue weighted by Crippen LogP contribution is -1.94. The zero-order valence-electron chi connectivity index (χ0n) is 7.09. The molecule has 0 N–H and O–H groups in total. The topological polar surface area (TPSA) is 22.1 Å². The molecule has 0 spiro atoms. The number of halogens is 1. The Morgan fingerprint density at radius 2 is 2.33 bits per heavy atom. The fourth-order valence-electron chi connectivity index (χ4n) is 0.955. The van der Waals surface area contributed by atoms with Crippen molar-refractivity contribution in [2.45, 2.75) is 13.3 Å². The Balaban J connectivity index is 2.67. The number of ether oxygens (including phenoxy) is 1. The molecule has 12 heavy (non-hydrogen) atoms. The molecule has 0 saturated carbocycles. The van der Waals surface area contributed by atoms with Crippen LogP contribution in [-0.2, 0) is 6.42 Å². The van der Waals surface area contributed by atoms with Gasteiger partial charge in [0.15, 0.2) is 0 Å². The Bertz CT molecular complexity index is 218. The highest BCUT2D eigenvalue weighted by atomic mass is 79.9. The Hall–Kier alpha value is -0.570. The Morgan fingerprint density at radius 1 is 1.50 bits per heavy atom. The number of hydrogen-bond donors (Lipinski definition) is 0. The molecule has 1 aromatic rings. The molecule has 0 radical (unpaired) electrons. The van der Waals surface area contributed by atoms with E-state index in [0.29, 0.717) is 6.61 Å². The lowest BCUT2D eigenvalue weighted by Gasteiger charge is -2.03. The predicted octanol–water partition coefficient (Wildman–Crippen LogP) is 2.42. The first-order valence-corrected chi connectivity index (χ1v) is 5.11. The summed E-state index contributed by atoms with van der Waals surface area (Å²) in [7, 11) is 0. The van der Waals surface area contributed by atoms with Gasteiger partial charge in [-0.1, -0.05) is 15.9 Å². The van der Waals surface area contributed by atoms with Gasteiger partial charge in [-0.3, -0.25) is 4.98 Å². The lowest BCUT2D eigenvalue weighted by molar-refractivity contribution is 0.338. The van der Waals surface area contributed by atoms with Gasteiger partial charge in [0.1, 0.15) is 5.75 Å². The van der Waals surface area contributed by atoms with Crippen LogP contribution in [0.4, 0.5) is 0 Å². The Labute approximate surface area is 81.1 Å². The highest BCUT2D eigenvalue weighted by Gasteiger charge is 1.95. The fraction of sp³-hybridized carbons (Fsp3) is 0.444. The molecule has 0 aliphatic carbocycles. The van der Waals surface area contributed by atoms with Crippen molar-refractivity contribution in [3.63, 3.8) is 0 Å². The molecular formula is C9H12BrNO.